The van der Waals surface area contributed by atoms with Gasteiger partial charge in [0.1, 0.15) is 10.3 Å². The van der Waals surface area contributed by atoms with Gasteiger partial charge in [-0.15, -0.1) is 0 Å². The Morgan fingerprint density at radius 1 is 1.12 bits per heavy atom. The highest BCUT2D eigenvalue weighted by atomic mass is 35.5. The van der Waals surface area contributed by atoms with E-state index in [1.165, 1.54) is 12.1 Å². The van der Waals surface area contributed by atoms with Crippen molar-refractivity contribution in [3.8, 4) is 0 Å². The quantitative estimate of drug-likeness (QED) is 0.782. The van der Waals surface area contributed by atoms with E-state index in [1.54, 1.807) is 0 Å². The van der Waals surface area contributed by atoms with Gasteiger partial charge in [-0.05, 0) is 25.0 Å². The number of halogens is 2. The van der Waals surface area contributed by atoms with Crippen molar-refractivity contribution in [2.45, 2.75) is 35.8 Å². The molecule has 0 saturated heterocycles. The molecule has 16 heavy (non-hydrogen) atoms. The topological polar surface area (TPSA) is 47.0 Å². The van der Waals surface area contributed by atoms with Crippen LogP contribution < -0.4 is 0 Å². The van der Waals surface area contributed by atoms with Gasteiger partial charge in [-0.2, -0.15) is 0 Å². The molecule has 0 unspecified atom stereocenters. The molecule has 1 aromatic rings. The Bertz CT molecular complexity index is 475. The van der Waals surface area contributed by atoms with E-state index in [0.29, 0.717) is 0 Å². The van der Waals surface area contributed by atoms with Gasteiger partial charge in [0.25, 0.3) is 0 Å². The molecular formula is C10H11Cl2NO2S. The fourth-order valence-electron chi connectivity index (χ4n) is 2.00. The van der Waals surface area contributed by atoms with Crippen LogP contribution in [0.15, 0.2) is 17.0 Å². The Balaban J connectivity index is 2.42. The van der Waals surface area contributed by atoms with E-state index in [0.717, 1.165) is 25.7 Å². The minimum Gasteiger partial charge on any atom is -0.224 e. The van der Waals surface area contributed by atoms with Gasteiger partial charge in [0, 0.05) is 0 Å². The molecule has 0 amide bonds. The van der Waals surface area contributed by atoms with Crippen molar-refractivity contribution in [1.82, 2.24) is 4.98 Å². The van der Waals surface area contributed by atoms with E-state index >= 15 is 0 Å². The van der Waals surface area contributed by atoms with E-state index < -0.39 is 9.84 Å². The molecule has 0 N–H and O–H groups in total. The van der Waals surface area contributed by atoms with Crippen LogP contribution in [-0.4, -0.2) is 18.7 Å². The second-order valence-electron chi connectivity index (χ2n) is 3.90. The van der Waals surface area contributed by atoms with Crippen molar-refractivity contribution in [1.29, 1.82) is 0 Å². The zero-order valence-electron chi connectivity index (χ0n) is 8.49. The fraction of sp³-hybridized carbons (Fsp3) is 0.500. The molecule has 1 fully saturated rings. The van der Waals surface area contributed by atoms with Crippen molar-refractivity contribution < 1.29 is 8.42 Å². The standard InChI is InChI=1S/C10H11Cl2NO2S/c11-9-5-8(6-10(12)13-9)16(14,15)7-3-1-2-4-7/h5-7H,1-4H2. The van der Waals surface area contributed by atoms with Crippen LogP contribution in [0.1, 0.15) is 25.7 Å². The first-order valence-electron chi connectivity index (χ1n) is 5.07. The highest BCUT2D eigenvalue weighted by molar-refractivity contribution is 7.92. The molecule has 0 bridgehead atoms. The molecule has 0 aliphatic heterocycles. The normalized spacial score (nSPS) is 17.9. The molecule has 1 aromatic heterocycles. The number of nitrogens with zero attached hydrogens (tertiary/aromatic N) is 1. The zero-order valence-corrected chi connectivity index (χ0v) is 10.8. The molecular weight excluding hydrogens is 269 g/mol. The molecule has 1 saturated carbocycles. The number of aromatic nitrogens is 1. The SMILES string of the molecule is O=S(=O)(c1cc(Cl)nc(Cl)c1)C1CCCC1. The van der Waals surface area contributed by atoms with Gasteiger partial charge in [-0.25, -0.2) is 13.4 Å². The fourth-order valence-corrected chi connectivity index (χ4v) is 4.48. The van der Waals surface area contributed by atoms with E-state index in [1.807, 2.05) is 0 Å². The lowest BCUT2D eigenvalue weighted by Crippen LogP contribution is -2.17. The second kappa shape index (κ2) is 4.51. The third kappa shape index (κ3) is 2.34. The van der Waals surface area contributed by atoms with Crippen LogP contribution in [0, 0.1) is 0 Å². The van der Waals surface area contributed by atoms with Gasteiger partial charge in [-0.1, -0.05) is 36.0 Å². The average molecular weight is 280 g/mol. The summed E-state index contributed by atoms with van der Waals surface area (Å²) in [7, 11) is -3.29. The van der Waals surface area contributed by atoms with E-state index in [2.05, 4.69) is 4.98 Å². The molecule has 0 aromatic carbocycles. The summed E-state index contributed by atoms with van der Waals surface area (Å²) in [4.78, 5) is 3.93. The lowest BCUT2D eigenvalue weighted by atomic mass is 10.4. The Hall–Kier alpha value is -0.320. The lowest BCUT2D eigenvalue weighted by Gasteiger charge is -2.11. The molecule has 1 heterocycles. The van der Waals surface area contributed by atoms with Crippen LogP contribution in [0.4, 0.5) is 0 Å². The maximum atomic E-state index is 12.2. The first-order chi connectivity index (χ1) is 7.50. The Kier molecular flexibility index (Phi) is 3.42. The first kappa shape index (κ1) is 12.1. The third-order valence-corrected chi connectivity index (χ3v) is 5.43. The Morgan fingerprint density at radius 3 is 2.12 bits per heavy atom. The van der Waals surface area contributed by atoms with Crippen molar-refractivity contribution in [2.24, 2.45) is 0 Å². The van der Waals surface area contributed by atoms with E-state index in [9.17, 15) is 8.42 Å². The number of hydrogen-bond acceptors (Lipinski definition) is 3. The molecule has 88 valence electrons. The first-order valence-corrected chi connectivity index (χ1v) is 7.37. The largest absolute Gasteiger partial charge is 0.224 e. The van der Waals surface area contributed by atoms with Gasteiger partial charge in [0.2, 0.25) is 0 Å². The molecule has 3 nitrogen and oxygen atoms in total. The molecule has 6 heteroatoms. The summed E-state index contributed by atoms with van der Waals surface area (Å²) >= 11 is 11.4. The van der Waals surface area contributed by atoms with Gasteiger partial charge >= 0.3 is 0 Å². The molecule has 1 aliphatic carbocycles. The average Bonchev–Trinajstić information content (AvgIpc) is 2.69. The smallest absolute Gasteiger partial charge is 0.181 e. The van der Waals surface area contributed by atoms with Crippen LogP contribution in [0.25, 0.3) is 0 Å². The number of pyridine rings is 1. The van der Waals surface area contributed by atoms with Crippen LogP contribution in [0.5, 0.6) is 0 Å². The zero-order chi connectivity index (χ0) is 11.8. The summed E-state index contributed by atoms with van der Waals surface area (Å²) in [6.07, 6.45) is 3.38. The number of rotatable bonds is 2. The van der Waals surface area contributed by atoms with Gasteiger partial charge in [0.15, 0.2) is 9.84 Å². The van der Waals surface area contributed by atoms with Crippen molar-refractivity contribution in [3.05, 3.63) is 22.4 Å². The highest BCUT2D eigenvalue weighted by Crippen LogP contribution is 2.31. The summed E-state index contributed by atoms with van der Waals surface area (Å²) in [5.74, 6) is 0. The predicted octanol–water partition coefficient (Wildman–Crippen LogP) is 3.10. The minimum absolute atomic E-state index is 0.115. The van der Waals surface area contributed by atoms with Crippen LogP contribution in [0.3, 0.4) is 0 Å². The molecule has 0 spiro atoms. The Morgan fingerprint density at radius 2 is 1.62 bits per heavy atom. The van der Waals surface area contributed by atoms with Crippen molar-refractivity contribution >= 4 is 33.0 Å². The van der Waals surface area contributed by atoms with Crippen molar-refractivity contribution in [2.75, 3.05) is 0 Å². The van der Waals surface area contributed by atoms with Gasteiger partial charge < -0.3 is 0 Å². The van der Waals surface area contributed by atoms with E-state index in [4.69, 9.17) is 23.2 Å². The maximum absolute atomic E-state index is 12.2. The molecule has 0 radical (unpaired) electrons. The maximum Gasteiger partial charge on any atom is 0.181 e. The predicted molar refractivity (Wildman–Crippen MR) is 63.7 cm³/mol. The van der Waals surface area contributed by atoms with E-state index in [-0.39, 0.29) is 20.5 Å². The minimum atomic E-state index is -3.29. The summed E-state index contributed by atoms with van der Waals surface area (Å²) in [5.41, 5.74) is 0. The Labute approximate surface area is 105 Å². The summed E-state index contributed by atoms with van der Waals surface area (Å²) in [5, 5.41) is -0.0600. The monoisotopic (exact) mass is 279 g/mol. The van der Waals surface area contributed by atoms with Gasteiger partial charge in [-0.3, -0.25) is 0 Å². The molecule has 1 aliphatic rings. The lowest BCUT2D eigenvalue weighted by molar-refractivity contribution is 0.579. The number of sulfone groups is 1. The summed E-state index contributed by atoms with van der Waals surface area (Å²) < 4.78 is 24.4. The molecule has 0 atom stereocenters. The summed E-state index contributed by atoms with van der Waals surface area (Å²) in [6, 6.07) is 2.72. The highest BCUT2D eigenvalue weighted by Gasteiger charge is 2.30. The van der Waals surface area contributed by atoms with Crippen LogP contribution in [0.2, 0.25) is 10.3 Å². The summed E-state index contributed by atoms with van der Waals surface area (Å²) in [6.45, 7) is 0. The second-order valence-corrected chi connectivity index (χ2v) is 6.90. The number of hydrogen-bond donors (Lipinski definition) is 0. The van der Waals surface area contributed by atoms with Gasteiger partial charge in [0.05, 0.1) is 10.1 Å². The van der Waals surface area contributed by atoms with Crippen LogP contribution >= 0.6 is 23.2 Å². The van der Waals surface area contributed by atoms with Crippen molar-refractivity contribution in [3.63, 3.8) is 0 Å². The van der Waals surface area contributed by atoms with Crippen LogP contribution in [-0.2, 0) is 9.84 Å². The third-order valence-electron chi connectivity index (χ3n) is 2.81. The molecule has 2 rings (SSSR count).